The standard InChI is InChI=1S/C19H15F3N2.ClH/c20-19(21,22)15-8-3-2-7-14(15)18-17-10-5-11-24(17)16-9-4-1-6-13(16)12-23-18;/h1-11,18,23H,12H2;1H. The van der Waals surface area contributed by atoms with Gasteiger partial charge in [-0.25, -0.2) is 0 Å². The van der Waals surface area contributed by atoms with Gasteiger partial charge in [0, 0.05) is 24.1 Å². The molecule has 2 aromatic carbocycles. The molecule has 0 aliphatic carbocycles. The average Bonchev–Trinajstić information content (AvgIpc) is 2.99. The van der Waals surface area contributed by atoms with Crippen molar-refractivity contribution >= 4 is 12.4 Å². The summed E-state index contributed by atoms with van der Waals surface area (Å²) in [5.41, 5.74) is 2.51. The lowest BCUT2D eigenvalue weighted by atomic mass is 9.97. The Kier molecular flexibility index (Phi) is 4.62. The van der Waals surface area contributed by atoms with E-state index >= 15 is 0 Å². The summed E-state index contributed by atoms with van der Waals surface area (Å²) in [5.74, 6) is 0. The van der Waals surface area contributed by atoms with E-state index in [1.54, 1.807) is 12.1 Å². The molecule has 0 amide bonds. The highest BCUT2D eigenvalue weighted by Crippen LogP contribution is 2.38. The number of alkyl halides is 3. The van der Waals surface area contributed by atoms with E-state index in [2.05, 4.69) is 5.32 Å². The van der Waals surface area contributed by atoms with Crippen LogP contribution < -0.4 is 5.32 Å². The van der Waals surface area contributed by atoms with Gasteiger partial charge in [0.1, 0.15) is 0 Å². The normalized spacial score (nSPS) is 16.4. The molecule has 1 unspecified atom stereocenters. The van der Waals surface area contributed by atoms with Gasteiger partial charge in [-0.15, -0.1) is 12.4 Å². The Morgan fingerprint density at radius 1 is 0.920 bits per heavy atom. The van der Waals surface area contributed by atoms with E-state index in [9.17, 15) is 13.2 Å². The molecule has 25 heavy (non-hydrogen) atoms. The van der Waals surface area contributed by atoms with Crippen LogP contribution in [0.4, 0.5) is 13.2 Å². The molecule has 0 bridgehead atoms. The molecule has 130 valence electrons. The van der Waals surface area contributed by atoms with Crippen LogP contribution in [0.1, 0.15) is 28.4 Å². The van der Waals surface area contributed by atoms with Gasteiger partial charge in [0.15, 0.2) is 0 Å². The van der Waals surface area contributed by atoms with Gasteiger partial charge in [-0.1, -0.05) is 36.4 Å². The van der Waals surface area contributed by atoms with E-state index < -0.39 is 17.8 Å². The maximum Gasteiger partial charge on any atom is 0.416 e. The van der Waals surface area contributed by atoms with Gasteiger partial charge in [0.2, 0.25) is 0 Å². The number of aromatic nitrogens is 1. The van der Waals surface area contributed by atoms with E-state index in [0.29, 0.717) is 6.54 Å². The molecule has 1 aromatic heterocycles. The van der Waals surface area contributed by atoms with Crippen LogP contribution in [-0.2, 0) is 12.7 Å². The van der Waals surface area contributed by atoms with Crippen LogP contribution in [0.3, 0.4) is 0 Å². The fourth-order valence-electron chi connectivity index (χ4n) is 3.34. The average molecular weight is 365 g/mol. The minimum Gasteiger partial charge on any atom is -0.319 e. The molecule has 1 atom stereocenters. The number of hydrogen-bond donors (Lipinski definition) is 1. The Labute approximate surface area is 149 Å². The molecule has 1 N–H and O–H groups in total. The van der Waals surface area contributed by atoms with Gasteiger partial charge in [-0.2, -0.15) is 13.2 Å². The van der Waals surface area contributed by atoms with E-state index in [0.717, 1.165) is 23.0 Å². The summed E-state index contributed by atoms with van der Waals surface area (Å²) in [6, 6.07) is 16.8. The quantitative estimate of drug-likeness (QED) is 0.635. The first-order valence-corrected chi connectivity index (χ1v) is 7.71. The van der Waals surface area contributed by atoms with Crippen LogP contribution in [0.5, 0.6) is 0 Å². The van der Waals surface area contributed by atoms with Crippen molar-refractivity contribution < 1.29 is 13.2 Å². The van der Waals surface area contributed by atoms with Crippen LogP contribution in [0.15, 0.2) is 66.9 Å². The Balaban J connectivity index is 0.00000182. The lowest BCUT2D eigenvalue weighted by molar-refractivity contribution is -0.138. The first kappa shape index (κ1) is 17.6. The Morgan fingerprint density at radius 3 is 2.44 bits per heavy atom. The third-order valence-corrected chi connectivity index (χ3v) is 4.40. The summed E-state index contributed by atoms with van der Waals surface area (Å²) in [4.78, 5) is 0. The summed E-state index contributed by atoms with van der Waals surface area (Å²) in [6.45, 7) is 0.509. The highest BCUT2D eigenvalue weighted by molar-refractivity contribution is 5.85. The molecule has 4 rings (SSSR count). The van der Waals surface area contributed by atoms with Gasteiger partial charge in [-0.05, 0) is 35.4 Å². The Bertz CT molecular complexity index is 886. The van der Waals surface area contributed by atoms with Crippen molar-refractivity contribution in [2.45, 2.75) is 18.8 Å². The van der Waals surface area contributed by atoms with Crippen molar-refractivity contribution in [1.29, 1.82) is 0 Å². The lowest BCUT2D eigenvalue weighted by Gasteiger charge is -2.22. The number of rotatable bonds is 1. The molecule has 0 saturated heterocycles. The number of halogens is 4. The van der Waals surface area contributed by atoms with Crippen LogP contribution in [0.2, 0.25) is 0 Å². The van der Waals surface area contributed by atoms with Crippen LogP contribution in [-0.4, -0.2) is 4.57 Å². The van der Waals surface area contributed by atoms with Gasteiger partial charge < -0.3 is 9.88 Å². The highest BCUT2D eigenvalue weighted by Gasteiger charge is 2.36. The zero-order chi connectivity index (χ0) is 16.7. The SMILES string of the molecule is Cl.FC(F)(F)c1ccccc1C1NCc2ccccc2-n2cccc21. The zero-order valence-electron chi connectivity index (χ0n) is 13.1. The maximum absolute atomic E-state index is 13.4. The largest absolute Gasteiger partial charge is 0.416 e. The van der Waals surface area contributed by atoms with Crippen molar-refractivity contribution in [3.8, 4) is 5.69 Å². The van der Waals surface area contributed by atoms with Crippen molar-refractivity contribution in [3.05, 3.63) is 89.2 Å². The Hall–Kier alpha value is -2.24. The molecule has 0 spiro atoms. The third kappa shape index (κ3) is 3.05. The molecule has 1 aliphatic rings. The second-order valence-corrected chi connectivity index (χ2v) is 5.83. The molecule has 2 heterocycles. The lowest BCUT2D eigenvalue weighted by Crippen LogP contribution is -2.24. The molecule has 0 radical (unpaired) electrons. The molecular formula is C19H16ClF3N2. The van der Waals surface area contributed by atoms with Crippen molar-refractivity contribution in [1.82, 2.24) is 9.88 Å². The fourth-order valence-corrected chi connectivity index (χ4v) is 3.34. The molecular weight excluding hydrogens is 349 g/mol. The maximum atomic E-state index is 13.4. The van der Waals surface area contributed by atoms with Crippen LogP contribution in [0, 0.1) is 0 Å². The van der Waals surface area contributed by atoms with Gasteiger partial charge in [0.05, 0.1) is 11.6 Å². The first-order chi connectivity index (χ1) is 11.6. The van der Waals surface area contributed by atoms with Crippen LogP contribution in [0.25, 0.3) is 5.69 Å². The molecule has 0 fully saturated rings. The monoisotopic (exact) mass is 364 g/mol. The zero-order valence-corrected chi connectivity index (χ0v) is 13.9. The first-order valence-electron chi connectivity index (χ1n) is 7.71. The molecule has 2 nitrogen and oxygen atoms in total. The summed E-state index contributed by atoms with van der Waals surface area (Å²) < 4.78 is 42.3. The number of fused-ring (bicyclic) bond motifs is 3. The number of nitrogens with one attached hydrogen (secondary N) is 1. The fraction of sp³-hybridized carbons (Fsp3) is 0.158. The second kappa shape index (κ2) is 6.58. The predicted octanol–water partition coefficient (Wildman–Crippen LogP) is 5.11. The molecule has 1 aliphatic heterocycles. The summed E-state index contributed by atoms with van der Waals surface area (Å²) in [5, 5.41) is 3.29. The van der Waals surface area contributed by atoms with Gasteiger partial charge in [0.25, 0.3) is 0 Å². The molecule has 3 aromatic rings. The number of benzene rings is 2. The molecule has 0 saturated carbocycles. The number of nitrogens with zero attached hydrogens (tertiary/aromatic N) is 1. The van der Waals surface area contributed by atoms with E-state index in [-0.39, 0.29) is 18.0 Å². The summed E-state index contributed by atoms with van der Waals surface area (Å²) in [7, 11) is 0. The highest BCUT2D eigenvalue weighted by atomic mass is 35.5. The number of hydrogen-bond acceptors (Lipinski definition) is 1. The van der Waals surface area contributed by atoms with Gasteiger partial charge >= 0.3 is 6.18 Å². The van der Waals surface area contributed by atoms with Crippen molar-refractivity contribution in [3.63, 3.8) is 0 Å². The summed E-state index contributed by atoms with van der Waals surface area (Å²) >= 11 is 0. The van der Waals surface area contributed by atoms with E-state index in [1.807, 2.05) is 47.2 Å². The predicted molar refractivity (Wildman–Crippen MR) is 93.1 cm³/mol. The van der Waals surface area contributed by atoms with Crippen LogP contribution >= 0.6 is 12.4 Å². The minimum absolute atomic E-state index is 0. The van der Waals surface area contributed by atoms with Crippen molar-refractivity contribution in [2.24, 2.45) is 0 Å². The summed E-state index contributed by atoms with van der Waals surface area (Å²) in [6.07, 6.45) is -2.49. The topological polar surface area (TPSA) is 17.0 Å². The van der Waals surface area contributed by atoms with Crippen molar-refractivity contribution in [2.75, 3.05) is 0 Å². The molecule has 6 heteroatoms. The third-order valence-electron chi connectivity index (χ3n) is 4.40. The smallest absolute Gasteiger partial charge is 0.319 e. The van der Waals surface area contributed by atoms with Gasteiger partial charge in [-0.3, -0.25) is 0 Å². The second-order valence-electron chi connectivity index (χ2n) is 5.83. The van der Waals surface area contributed by atoms with E-state index in [4.69, 9.17) is 0 Å². The minimum atomic E-state index is -4.38. The Morgan fingerprint density at radius 2 is 1.64 bits per heavy atom. The number of para-hydroxylation sites is 1. The van der Waals surface area contributed by atoms with E-state index in [1.165, 1.54) is 6.07 Å².